The molecule has 2 rings (SSSR count). The first-order valence-electron chi connectivity index (χ1n) is 5.49. The summed E-state index contributed by atoms with van der Waals surface area (Å²) in [5.41, 5.74) is 0.327. The van der Waals surface area contributed by atoms with Crippen LogP contribution in [0.1, 0.15) is 5.69 Å². The summed E-state index contributed by atoms with van der Waals surface area (Å²) in [6, 6.07) is 1.94. The number of aliphatic hydroxyl groups is 1. The van der Waals surface area contributed by atoms with Crippen molar-refractivity contribution >= 4 is 5.69 Å². The Bertz CT molecular complexity index is 573. The minimum Gasteiger partial charge on any atom is -0.394 e. The van der Waals surface area contributed by atoms with Crippen LogP contribution in [0, 0.1) is 17.5 Å². The van der Waals surface area contributed by atoms with Crippen LogP contribution in [0.25, 0.3) is 0 Å². The van der Waals surface area contributed by atoms with Gasteiger partial charge in [-0.1, -0.05) is 5.21 Å². The molecular weight excluding hydrogens is 261 g/mol. The number of aliphatic hydroxyl groups excluding tert-OH is 1. The average molecular weight is 272 g/mol. The van der Waals surface area contributed by atoms with Crippen LogP contribution in [0.15, 0.2) is 18.3 Å². The van der Waals surface area contributed by atoms with Gasteiger partial charge in [0.25, 0.3) is 0 Å². The van der Waals surface area contributed by atoms with Crippen molar-refractivity contribution in [3.05, 3.63) is 41.5 Å². The minimum absolute atomic E-state index is 0.0754. The molecule has 0 aliphatic rings. The third kappa shape index (κ3) is 3.02. The van der Waals surface area contributed by atoms with E-state index in [0.29, 0.717) is 12.2 Å². The van der Waals surface area contributed by atoms with Crippen molar-refractivity contribution in [2.24, 2.45) is 0 Å². The molecule has 0 spiro atoms. The van der Waals surface area contributed by atoms with E-state index in [-0.39, 0.29) is 18.8 Å². The van der Waals surface area contributed by atoms with Crippen LogP contribution in [-0.2, 0) is 13.1 Å². The fourth-order valence-electron chi connectivity index (χ4n) is 1.48. The van der Waals surface area contributed by atoms with E-state index in [1.54, 1.807) is 6.20 Å². The lowest BCUT2D eigenvalue weighted by Crippen LogP contribution is -2.04. The molecular formula is C11H11F3N4O. The summed E-state index contributed by atoms with van der Waals surface area (Å²) in [6.07, 6.45) is 1.56. The number of hydrogen-bond donors (Lipinski definition) is 2. The van der Waals surface area contributed by atoms with E-state index < -0.39 is 17.5 Å². The summed E-state index contributed by atoms with van der Waals surface area (Å²) in [4.78, 5) is 0. The highest BCUT2D eigenvalue weighted by atomic mass is 19.2. The van der Waals surface area contributed by atoms with Crippen molar-refractivity contribution < 1.29 is 18.3 Å². The number of aromatic nitrogens is 3. The molecule has 8 heteroatoms. The molecule has 2 aromatic rings. The fourth-order valence-corrected chi connectivity index (χ4v) is 1.48. The number of anilines is 1. The fraction of sp³-hybridized carbons (Fsp3) is 0.273. The highest BCUT2D eigenvalue weighted by Gasteiger charge is 2.13. The lowest BCUT2D eigenvalue weighted by molar-refractivity contribution is 0.268. The van der Waals surface area contributed by atoms with E-state index in [2.05, 4.69) is 15.6 Å². The molecule has 0 saturated carbocycles. The van der Waals surface area contributed by atoms with Gasteiger partial charge in [0.1, 0.15) is 5.69 Å². The Morgan fingerprint density at radius 3 is 2.74 bits per heavy atom. The zero-order valence-electron chi connectivity index (χ0n) is 9.78. The first-order valence-corrected chi connectivity index (χ1v) is 5.49. The second-order valence-corrected chi connectivity index (χ2v) is 3.77. The van der Waals surface area contributed by atoms with E-state index in [4.69, 9.17) is 5.11 Å². The summed E-state index contributed by atoms with van der Waals surface area (Å²) in [5, 5.41) is 18.8. The van der Waals surface area contributed by atoms with Gasteiger partial charge in [-0.05, 0) is 12.1 Å². The van der Waals surface area contributed by atoms with Crippen molar-refractivity contribution in [2.45, 2.75) is 13.1 Å². The zero-order chi connectivity index (χ0) is 13.8. The lowest BCUT2D eigenvalue weighted by atomic mass is 10.2. The van der Waals surface area contributed by atoms with Gasteiger partial charge in [0, 0.05) is 0 Å². The van der Waals surface area contributed by atoms with Gasteiger partial charge in [-0.3, -0.25) is 0 Å². The number of halogens is 3. The molecule has 5 nitrogen and oxygen atoms in total. The molecule has 19 heavy (non-hydrogen) atoms. The highest BCUT2D eigenvalue weighted by Crippen LogP contribution is 2.19. The molecule has 2 N–H and O–H groups in total. The second-order valence-electron chi connectivity index (χ2n) is 3.77. The van der Waals surface area contributed by atoms with Crippen molar-refractivity contribution in [2.75, 3.05) is 11.9 Å². The van der Waals surface area contributed by atoms with Gasteiger partial charge >= 0.3 is 0 Å². The molecule has 0 bridgehead atoms. The summed E-state index contributed by atoms with van der Waals surface area (Å²) >= 11 is 0. The number of hydrogen-bond acceptors (Lipinski definition) is 4. The highest BCUT2D eigenvalue weighted by molar-refractivity contribution is 5.45. The monoisotopic (exact) mass is 272 g/mol. The van der Waals surface area contributed by atoms with E-state index in [1.807, 2.05) is 0 Å². The first-order chi connectivity index (χ1) is 9.11. The van der Waals surface area contributed by atoms with Gasteiger partial charge in [0.2, 0.25) is 0 Å². The SMILES string of the molecule is OCCn1cc(CNc2ccc(F)c(F)c2F)nn1. The Kier molecular flexibility index (Phi) is 4.00. The summed E-state index contributed by atoms with van der Waals surface area (Å²) in [7, 11) is 0. The summed E-state index contributed by atoms with van der Waals surface area (Å²) < 4.78 is 40.4. The minimum atomic E-state index is -1.52. The van der Waals surface area contributed by atoms with E-state index in [1.165, 1.54) is 4.68 Å². The molecule has 0 saturated heterocycles. The topological polar surface area (TPSA) is 63.0 Å². The van der Waals surface area contributed by atoms with Crippen molar-refractivity contribution in [3.63, 3.8) is 0 Å². The third-order valence-corrected chi connectivity index (χ3v) is 2.41. The predicted molar refractivity (Wildman–Crippen MR) is 60.8 cm³/mol. The zero-order valence-corrected chi connectivity index (χ0v) is 9.78. The molecule has 1 aromatic carbocycles. The molecule has 0 fully saturated rings. The predicted octanol–water partition coefficient (Wildman–Crippen LogP) is 1.30. The lowest BCUT2D eigenvalue weighted by Gasteiger charge is -2.06. The number of nitrogens with zero attached hydrogens (tertiary/aromatic N) is 3. The molecule has 0 unspecified atom stereocenters. The van der Waals surface area contributed by atoms with Crippen molar-refractivity contribution in [3.8, 4) is 0 Å². The maximum absolute atomic E-state index is 13.3. The molecule has 0 aliphatic carbocycles. The maximum atomic E-state index is 13.3. The first kappa shape index (κ1) is 13.3. The van der Waals surface area contributed by atoms with Crippen molar-refractivity contribution in [1.82, 2.24) is 15.0 Å². The van der Waals surface area contributed by atoms with Crippen LogP contribution in [0.4, 0.5) is 18.9 Å². The largest absolute Gasteiger partial charge is 0.394 e. The molecule has 1 aromatic heterocycles. The van der Waals surface area contributed by atoms with E-state index in [0.717, 1.165) is 12.1 Å². The number of benzene rings is 1. The van der Waals surface area contributed by atoms with Crippen LogP contribution >= 0.6 is 0 Å². The van der Waals surface area contributed by atoms with Crippen LogP contribution < -0.4 is 5.32 Å². The Morgan fingerprint density at radius 1 is 1.21 bits per heavy atom. The van der Waals surface area contributed by atoms with Crippen LogP contribution in [-0.4, -0.2) is 26.7 Å². The quantitative estimate of drug-likeness (QED) is 0.805. The van der Waals surface area contributed by atoms with Gasteiger partial charge < -0.3 is 10.4 Å². The normalized spacial score (nSPS) is 10.7. The number of rotatable bonds is 5. The Balaban J connectivity index is 2.04. The molecule has 0 atom stereocenters. The van der Waals surface area contributed by atoms with Gasteiger partial charge in [0.15, 0.2) is 17.5 Å². The Hall–Kier alpha value is -2.09. The molecule has 0 amide bonds. The molecule has 102 valence electrons. The summed E-state index contributed by atoms with van der Waals surface area (Å²) in [6.45, 7) is 0.327. The second kappa shape index (κ2) is 5.70. The van der Waals surface area contributed by atoms with E-state index >= 15 is 0 Å². The van der Waals surface area contributed by atoms with Crippen LogP contribution in [0.2, 0.25) is 0 Å². The van der Waals surface area contributed by atoms with E-state index in [9.17, 15) is 13.2 Å². The Labute approximate surface area is 106 Å². The standard InChI is InChI=1S/C11H11F3N4O/c12-8-1-2-9(11(14)10(8)13)15-5-7-6-18(3-4-19)17-16-7/h1-2,6,15,19H,3-5H2. The maximum Gasteiger partial charge on any atom is 0.196 e. The van der Waals surface area contributed by atoms with Crippen molar-refractivity contribution in [1.29, 1.82) is 0 Å². The third-order valence-electron chi connectivity index (χ3n) is 2.41. The molecule has 0 radical (unpaired) electrons. The van der Waals surface area contributed by atoms with Gasteiger partial charge in [-0.15, -0.1) is 5.10 Å². The van der Waals surface area contributed by atoms with Crippen LogP contribution in [0.5, 0.6) is 0 Å². The van der Waals surface area contributed by atoms with Gasteiger partial charge in [-0.2, -0.15) is 0 Å². The molecule has 1 heterocycles. The summed E-state index contributed by atoms with van der Waals surface area (Å²) in [5.74, 6) is -4.03. The number of nitrogens with one attached hydrogen (secondary N) is 1. The van der Waals surface area contributed by atoms with Crippen LogP contribution in [0.3, 0.4) is 0 Å². The average Bonchev–Trinajstić information content (AvgIpc) is 2.83. The van der Waals surface area contributed by atoms with Gasteiger partial charge in [-0.25, -0.2) is 17.9 Å². The van der Waals surface area contributed by atoms with Gasteiger partial charge in [0.05, 0.1) is 31.6 Å². The molecule has 0 aliphatic heterocycles. The Morgan fingerprint density at radius 2 is 2.00 bits per heavy atom. The smallest absolute Gasteiger partial charge is 0.196 e.